The second kappa shape index (κ2) is 7.47. The molecular weight excluding hydrogens is 374 g/mol. The third-order valence-electron chi connectivity index (χ3n) is 5.13. The quantitative estimate of drug-likeness (QED) is 0.699. The maximum atomic E-state index is 13.4. The number of halogens is 2. The van der Waals surface area contributed by atoms with Gasteiger partial charge in [-0.2, -0.15) is 0 Å². The summed E-state index contributed by atoms with van der Waals surface area (Å²) in [6, 6.07) is 17.2. The monoisotopic (exact) mass is 392 g/mol. The standard InChI is InChI=1S/C23H18F2N2O2/c24-14-9-13(10-15(25)12-14)11-20(28)27-22(23(26)29)21-18-7-3-1-5-16(18)17-6-2-4-8-19(17)21/h1-10,12,21-22H,11H2,(H2,26,29)(H,27,28)/t22-/m0/s1. The molecule has 0 saturated heterocycles. The van der Waals surface area contributed by atoms with Crippen LogP contribution in [0.1, 0.15) is 22.6 Å². The van der Waals surface area contributed by atoms with Gasteiger partial charge in [-0.1, -0.05) is 48.5 Å². The van der Waals surface area contributed by atoms with Crippen molar-refractivity contribution in [2.24, 2.45) is 5.73 Å². The molecule has 0 saturated carbocycles. The molecular formula is C23H18F2N2O2. The number of benzene rings is 3. The van der Waals surface area contributed by atoms with Crippen LogP contribution in [0.15, 0.2) is 66.7 Å². The number of carbonyl (C=O) groups is 2. The molecule has 2 amide bonds. The Hall–Kier alpha value is -3.54. The van der Waals surface area contributed by atoms with E-state index in [0.29, 0.717) is 0 Å². The van der Waals surface area contributed by atoms with Crippen LogP contribution in [0, 0.1) is 11.6 Å². The molecule has 0 fully saturated rings. The van der Waals surface area contributed by atoms with Crippen molar-refractivity contribution in [2.75, 3.05) is 0 Å². The first-order valence-corrected chi connectivity index (χ1v) is 9.16. The lowest BCUT2D eigenvalue weighted by atomic mass is 9.88. The molecule has 4 rings (SSSR count). The van der Waals surface area contributed by atoms with E-state index in [4.69, 9.17) is 5.73 Å². The highest BCUT2D eigenvalue weighted by Crippen LogP contribution is 2.46. The molecule has 0 heterocycles. The van der Waals surface area contributed by atoms with Gasteiger partial charge in [-0.25, -0.2) is 8.78 Å². The first-order valence-electron chi connectivity index (χ1n) is 9.16. The summed E-state index contributed by atoms with van der Waals surface area (Å²) in [4.78, 5) is 24.9. The van der Waals surface area contributed by atoms with Gasteiger partial charge in [0.2, 0.25) is 11.8 Å². The van der Waals surface area contributed by atoms with Crippen LogP contribution in [0.4, 0.5) is 8.78 Å². The number of rotatable bonds is 5. The van der Waals surface area contributed by atoms with E-state index in [9.17, 15) is 18.4 Å². The molecule has 3 N–H and O–H groups in total. The van der Waals surface area contributed by atoms with E-state index in [-0.39, 0.29) is 12.0 Å². The fourth-order valence-electron chi connectivity index (χ4n) is 4.00. The average molecular weight is 392 g/mol. The Balaban J connectivity index is 1.65. The van der Waals surface area contributed by atoms with Gasteiger partial charge in [0.1, 0.15) is 17.7 Å². The molecule has 1 aliphatic rings. The smallest absolute Gasteiger partial charge is 0.240 e. The summed E-state index contributed by atoms with van der Waals surface area (Å²) >= 11 is 0. The van der Waals surface area contributed by atoms with Crippen LogP contribution < -0.4 is 11.1 Å². The molecule has 1 atom stereocenters. The molecule has 0 radical (unpaired) electrons. The number of primary amides is 1. The molecule has 29 heavy (non-hydrogen) atoms. The molecule has 0 unspecified atom stereocenters. The number of hydrogen-bond acceptors (Lipinski definition) is 2. The van der Waals surface area contributed by atoms with Crippen molar-refractivity contribution in [3.05, 3.63) is 95.1 Å². The molecule has 4 nitrogen and oxygen atoms in total. The van der Waals surface area contributed by atoms with Crippen molar-refractivity contribution < 1.29 is 18.4 Å². The number of nitrogens with one attached hydrogen (secondary N) is 1. The van der Waals surface area contributed by atoms with Gasteiger partial charge < -0.3 is 11.1 Å². The zero-order valence-electron chi connectivity index (χ0n) is 15.4. The maximum absolute atomic E-state index is 13.4. The van der Waals surface area contributed by atoms with Crippen molar-refractivity contribution in [1.82, 2.24) is 5.32 Å². The van der Waals surface area contributed by atoms with E-state index in [0.717, 1.165) is 40.5 Å². The molecule has 0 bridgehead atoms. The van der Waals surface area contributed by atoms with Crippen LogP contribution in [-0.2, 0) is 16.0 Å². The molecule has 146 valence electrons. The van der Waals surface area contributed by atoms with E-state index in [2.05, 4.69) is 5.32 Å². The molecule has 0 aliphatic heterocycles. The van der Waals surface area contributed by atoms with Crippen molar-refractivity contribution in [1.29, 1.82) is 0 Å². The van der Waals surface area contributed by atoms with Crippen LogP contribution in [0.25, 0.3) is 11.1 Å². The van der Waals surface area contributed by atoms with E-state index in [1.54, 1.807) is 0 Å². The minimum absolute atomic E-state index is 0.176. The Morgan fingerprint density at radius 1 is 0.897 bits per heavy atom. The van der Waals surface area contributed by atoms with Crippen LogP contribution in [0.2, 0.25) is 0 Å². The van der Waals surface area contributed by atoms with Crippen LogP contribution in [0.5, 0.6) is 0 Å². The highest BCUT2D eigenvalue weighted by molar-refractivity contribution is 5.91. The summed E-state index contributed by atoms with van der Waals surface area (Å²) in [5.41, 5.74) is 9.59. The zero-order valence-corrected chi connectivity index (χ0v) is 15.4. The van der Waals surface area contributed by atoms with E-state index in [1.807, 2.05) is 48.5 Å². The van der Waals surface area contributed by atoms with Crippen molar-refractivity contribution >= 4 is 11.8 Å². The Morgan fingerprint density at radius 3 is 1.93 bits per heavy atom. The Morgan fingerprint density at radius 2 is 1.41 bits per heavy atom. The third kappa shape index (κ3) is 3.61. The lowest BCUT2D eigenvalue weighted by molar-refractivity contribution is -0.127. The summed E-state index contributed by atoms with van der Waals surface area (Å²) in [6.45, 7) is 0. The third-order valence-corrected chi connectivity index (χ3v) is 5.13. The van der Waals surface area contributed by atoms with Gasteiger partial charge in [0.25, 0.3) is 0 Å². The molecule has 0 aromatic heterocycles. The second-order valence-electron chi connectivity index (χ2n) is 7.05. The van der Waals surface area contributed by atoms with Gasteiger partial charge in [0.05, 0.1) is 6.42 Å². The van der Waals surface area contributed by atoms with Crippen LogP contribution >= 0.6 is 0 Å². The number of fused-ring (bicyclic) bond motifs is 3. The summed E-state index contributed by atoms with van der Waals surface area (Å²) < 4.78 is 26.8. The molecule has 6 heteroatoms. The van der Waals surface area contributed by atoms with Crippen LogP contribution in [0.3, 0.4) is 0 Å². The highest BCUT2D eigenvalue weighted by Gasteiger charge is 2.37. The summed E-state index contributed by atoms with van der Waals surface area (Å²) in [5, 5.41) is 2.67. The minimum Gasteiger partial charge on any atom is -0.368 e. The van der Waals surface area contributed by atoms with Crippen molar-refractivity contribution in [3.63, 3.8) is 0 Å². The molecule has 3 aromatic carbocycles. The first-order chi connectivity index (χ1) is 13.9. The second-order valence-corrected chi connectivity index (χ2v) is 7.05. The van der Waals surface area contributed by atoms with Gasteiger partial charge >= 0.3 is 0 Å². The summed E-state index contributed by atoms with van der Waals surface area (Å²) in [7, 11) is 0. The van der Waals surface area contributed by atoms with E-state index < -0.39 is 35.4 Å². The Bertz CT molecular complexity index is 1050. The lowest BCUT2D eigenvalue weighted by Crippen LogP contribution is -2.48. The van der Waals surface area contributed by atoms with Gasteiger partial charge in [-0.15, -0.1) is 0 Å². The molecule has 0 spiro atoms. The lowest BCUT2D eigenvalue weighted by Gasteiger charge is -2.24. The topological polar surface area (TPSA) is 72.2 Å². The van der Waals surface area contributed by atoms with Crippen molar-refractivity contribution in [3.8, 4) is 11.1 Å². The maximum Gasteiger partial charge on any atom is 0.240 e. The first kappa shape index (κ1) is 18.8. The SMILES string of the molecule is NC(=O)[C@@H](NC(=O)Cc1cc(F)cc(F)c1)C1c2ccccc2-c2ccccc21. The zero-order chi connectivity index (χ0) is 20.5. The summed E-state index contributed by atoms with van der Waals surface area (Å²) in [6.07, 6.45) is -0.269. The number of hydrogen-bond donors (Lipinski definition) is 2. The fourth-order valence-corrected chi connectivity index (χ4v) is 4.00. The Kier molecular flexibility index (Phi) is 4.84. The van der Waals surface area contributed by atoms with E-state index >= 15 is 0 Å². The number of amides is 2. The number of carbonyl (C=O) groups excluding carboxylic acids is 2. The normalized spacial score (nSPS) is 13.4. The van der Waals surface area contributed by atoms with Gasteiger partial charge in [-0.3, -0.25) is 9.59 Å². The minimum atomic E-state index is -0.995. The van der Waals surface area contributed by atoms with Gasteiger partial charge in [0.15, 0.2) is 0 Å². The Labute approximate surface area is 166 Å². The predicted molar refractivity (Wildman–Crippen MR) is 105 cm³/mol. The average Bonchev–Trinajstić information content (AvgIpc) is 2.99. The predicted octanol–water partition coefficient (Wildman–Crippen LogP) is 3.29. The number of nitrogens with two attached hydrogens (primary N) is 1. The highest BCUT2D eigenvalue weighted by atomic mass is 19.1. The molecule has 3 aromatic rings. The van der Waals surface area contributed by atoms with Gasteiger partial charge in [0, 0.05) is 12.0 Å². The van der Waals surface area contributed by atoms with Crippen LogP contribution in [-0.4, -0.2) is 17.9 Å². The summed E-state index contributed by atoms with van der Waals surface area (Å²) in [5.74, 6) is -3.19. The van der Waals surface area contributed by atoms with Crippen molar-refractivity contribution in [2.45, 2.75) is 18.4 Å². The van der Waals surface area contributed by atoms with Gasteiger partial charge in [-0.05, 0) is 39.9 Å². The van der Waals surface area contributed by atoms with E-state index in [1.165, 1.54) is 0 Å². The molecule has 1 aliphatic carbocycles. The largest absolute Gasteiger partial charge is 0.368 e. The fraction of sp³-hybridized carbons (Fsp3) is 0.130.